The van der Waals surface area contributed by atoms with Gasteiger partial charge in [-0.15, -0.1) is 0 Å². The van der Waals surface area contributed by atoms with Crippen LogP contribution in [0.4, 0.5) is 0 Å². The van der Waals surface area contributed by atoms with Gasteiger partial charge in [-0.2, -0.15) is 0 Å². The molecule has 4 rings (SSSR count). The minimum Gasteiger partial charge on any atom is -0.508 e. The summed E-state index contributed by atoms with van der Waals surface area (Å²) in [5.41, 5.74) is -0.270. The highest BCUT2D eigenvalue weighted by Crippen LogP contribution is 2.35. The van der Waals surface area contributed by atoms with Crippen LogP contribution in [0.1, 0.15) is 0 Å². The Bertz CT molecular complexity index is 1140. The zero-order valence-corrected chi connectivity index (χ0v) is 16.0. The number of rotatable bonds is 4. The standard InChI is InChI=1S/C21H20O10/c22-8-15-17(26)18(27)19(28)21(31-15)30-13-6-5-11(24)20-16(13)12(25)7-14(29-20)9-1-3-10(23)4-2-9/h1-7,15,17-19,21-24,26-28H,8H2/t15-,17-,18+,19-,21-/m0/s1. The Hall–Kier alpha value is -3.15. The van der Waals surface area contributed by atoms with Crippen LogP contribution < -0.4 is 10.2 Å². The third-order valence-electron chi connectivity index (χ3n) is 5.06. The fourth-order valence-corrected chi connectivity index (χ4v) is 3.38. The average Bonchev–Trinajstić information content (AvgIpc) is 2.76. The van der Waals surface area contributed by atoms with E-state index in [9.17, 15) is 35.4 Å². The van der Waals surface area contributed by atoms with Crippen LogP contribution in [0.15, 0.2) is 51.7 Å². The number of ether oxygens (including phenoxy) is 2. The Morgan fingerprint density at radius 3 is 2.32 bits per heavy atom. The van der Waals surface area contributed by atoms with Crippen LogP contribution in [0, 0.1) is 0 Å². The minimum absolute atomic E-state index is 0.0324. The number of aromatic hydroxyl groups is 2. The van der Waals surface area contributed by atoms with Crippen molar-refractivity contribution in [3.05, 3.63) is 52.7 Å². The predicted octanol–water partition coefficient (Wildman–Crippen LogP) is 0.0499. The van der Waals surface area contributed by atoms with Crippen molar-refractivity contribution in [3.63, 3.8) is 0 Å². The summed E-state index contributed by atoms with van der Waals surface area (Å²) < 4.78 is 16.6. The molecule has 3 aromatic rings. The lowest BCUT2D eigenvalue weighted by Gasteiger charge is -2.39. The maximum atomic E-state index is 12.8. The maximum Gasteiger partial charge on any atom is 0.229 e. The first kappa shape index (κ1) is 21.1. The number of phenolic OH excluding ortho intramolecular Hbond substituents is 2. The molecule has 1 aromatic heterocycles. The second-order valence-corrected chi connectivity index (χ2v) is 7.12. The van der Waals surface area contributed by atoms with E-state index in [1.54, 1.807) is 0 Å². The van der Waals surface area contributed by atoms with E-state index < -0.39 is 42.7 Å². The molecule has 1 saturated heterocycles. The minimum atomic E-state index is -1.68. The number of aliphatic hydroxyl groups excluding tert-OH is 4. The molecule has 164 valence electrons. The van der Waals surface area contributed by atoms with Crippen LogP contribution in [0.3, 0.4) is 0 Å². The normalized spacial score (nSPS) is 26.1. The largest absolute Gasteiger partial charge is 0.508 e. The van der Waals surface area contributed by atoms with Crippen molar-refractivity contribution in [2.24, 2.45) is 0 Å². The van der Waals surface area contributed by atoms with Gasteiger partial charge in [0.15, 0.2) is 16.8 Å². The molecule has 2 heterocycles. The van der Waals surface area contributed by atoms with E-state index >= 15 is 0 Å². The molecule has 5 atom stereocenters. The molecule has 0 saturated carbocycles. The maximum absolute atomic E-state index is 12.8. The SMILES string of the molecule is O=c1cc(-c2ccc(O)cc2)oc2c(O)ccc(O[C@H]3O[C@@H](CO)[C@H](O)[C@@H](O)[C@@H]3O)c12. The first-order chi connectivity index (χ1) is 14.8. The molecule has 1 aliphatic heterocycles. The molecular weight excluding hydrogens is 412 g/mol. The van der Waals surface area contributed by atoms with Gasteiger partial charge in [0, 0.05) is 11.6 Å². The first-order valence-electron chi connectivity index (χ1n) is 9.36. The number of hydrogen-bond acceptors (Lipinski definition) is 10. The van der Waals surface area contributed by atoms with E-state index in [0.717, 1.165) is 0 Å². The smallest absolute Gasteiger partial charge is 0.229 e. The summed E-state index contributed by atoms with van der Waals surface area (Å²) in [6.45, 7) is -0.640. The van der Waals surface area contributed by atoms with E-state index in [1.807, 2.05) is 0 Å². The summed E-state index contributed by atoms with van der Waals surface area (Å²) >= 11 is 0. The van der Waals surface area contributed by atoms with Gasteiger partial charge in [0.1, 0.15) is 47.1 Å². The van der Waals surface area contributed by atoms with Crippen molar-refractivity contribution >= 4 is 11.0 Å². The fourth-order valence-electron chi connectivity index (χ4n) is 3.38. The van der Waals surface area contributed by atoms with Gasteiger partial charge in [0.2, 0.25) is 6.29 Å². The number of aliphatic hydroxyl groups is 4. The number of phenols is 2. The number of benzene rings is 2. The molecule has 0 aliphatic carbocycles. The van der Waals surface area contributed by atoms with Gasteiger partial charge in [-0.1, -0.05) is 0 Å². The Morgan fingerprint density at radius 1 is 0.935 bits per heavy atom. The zero-order valence-electron chi connectivity index (χ0n) is 16.0. The highest BCUT2D eigenvalue weighted by Gasteiger charge is 2.45. The third kappa shape index (κ3) is 3.82. The summed E-state index contributed by atoms with van der Waals surface area (Å²) in [5.74, 6) is -0.278. The molecule has 10 heteroatoms. The van der Waals surface area contributed by atoms with E-state index in [0.29, 0.717) is 5.56 Å². The van der Waals surface area contributed by atoms with Crippen LogP contribution in [-0.2, 0) is 4.74 Å². The van der Waals surface area contributed by atoms with Crippen molar-refractivity contribution in [3.8, 4) is 28.6 Å². The van der Waals surface area contributed by atoms with Crippen molar-refractivity contribution in [2.75, 3.05) is 6.61 Å². The quantitative estimate of drug-likeness (QED) is 0.331. The van der Waals surface area contributed by atoms with Crippen molar-refractivity contribution < 1.29 is 44.5 Å². The molecule has 10 nitrogen and oxygen atoms in total. The van der Waals surface area contributed by atoms with Crippen molar-refractivity contribution in [2.45, 2.75) is 30.7 Å². The van der Waals surface area contributed by atoms with Crippen LogP contribution in [0.25, 0.3) is 22.3 Å². The Kier molecular flexibility index (Phi) is 5.56. The Labute approximate surface area is 174 Å². The molecule has 6 N–H and O–H groups in total. The van der Waals surface area contributed by atoms with Crippen LogP contribution in [0.2, 0.25) is 0 Å². The molecule has 0 bridgehead atoms. The number of fused-ring (bicyclic) bond motifs is 1. The zero-order chi connectivity index (χ0) is 22.3. The van der Waals surface area contributed by atoms with Crippen LogP contribution >= 0.6 is 0 Å². The lowest BCUT2D eigenvalue weighted by atomic mass is 9.99. The summed E-state index contributed by atoms with van der Waals surface area (Å²) in [7, 11) is 0. The van der Waals surface area contributed by atoms with Gasteiger partial charge in [-0.3, -0.25) is 4.79 Å². The highest BCUT2D eigenvalue weighted by molar-refractivity contribution is 5.89. The second kappa shape index (κ2) is 8.17. The van der Waals surface area contributed by atoms with Gasteiger partial charge < -0.3 is 44.5 Å². The van der Waals surface area contributed by atoms with E-state index in [2.05, 4.69) is 0 Å². The van der Waals surface area contributed by atoms with Crippen molar-refractivity contribution in [1.29, 1.82) is 0 Å². The molecule has 0 radical (unpaired) electrons. The van der Waals surface area contributed by atoms with Crippen molar-refractivity contribution in [1.82, 2.24) is 0 Å². The first-order valence-corrected chi connectivity index (χ1v) is 9.36. The highest BCUT2D eigenvalue weighted by atomic mass is 16.7. The van der Waals surface area contributed by atoms with Gasteiger partial charge in [0.25, 0.3) is 0 Å². The van der Waals surface area contributed by atoms with E-state index in [1.165, 1.54) is 42.5 Å². The fraction of sp³-hybridized carbons (Fsp3) is 0.286. The Balaban J connectivity index is 1.75. The van der Waals surface area contributed by atoms with E-state index in [4.69, 9.17) is 13.9 Å². The van der Waals surface area contributed by atoms with Crippen LogP contribution in [0.5, 0.6) is 17.2 Å². The second-order valence-electron chi connectivity index (χ2n) is 7.12. The van der Waals surface area contributed by atoms with Crippen LogP contribution in [-0.4, -0.2) is 68.0 Å². The summed E-state index contributed by atoms with van der Waals surface area (Å²) in [6, 6.07) is 9.54. The molecular formula is C21H20O10. The summed E-state index contributed by atoms with van der Waals surface area (Å²) in [4.78, 5) is 12.8. The van der Waals surface area contributed by atoms with Gasteiger partial charge in [-0.25, -0.2) is 0 Å². The number of hydrogen-bond donors (Lipinski definition) is 6. The third-order valence-corrected chi connectivity index (χ3v) is 5.06. The van der Waals surface area contributed by atoms with Gasteiger partial charge in [-0.05, 0) is 36.4 Å². The van der Waals surface area contributed by atoms with Gasteiger partial charge in [0.05, 0.1) is 6.61 Å². The molecule has 2 aromatic carbocycles. The molecule has 0 amide bonds. The molecule has 1 fully saturated rings. The summed E-state index contributed by atoms with van der Waals surface area (Å²) in [5, 5.41) is 58.8. The molecule has 0 unspecified atom stereocenters. The molecule has 31 heavy (non-hydrogen) atoms. The van der Waals surface area contributed by atoms with E-state index in [-0.39, 0.29) is 34.0 Å². The Morgan fingerprint density at radius 2 is 1.65 bits per heavy atom. The molecule has 0 spiro atoms. The lowest BCUT2D eigenvalue weighted by molar-refractivity contribution is -0.277. The molecule has 1 aliphatic rings. The lowest BCUT2D eigenvalue weighted by Crippen LogP contribution is -2.60. The monoisotopic (exact) mass is 432 g/mol. The topological polar surface area (TPSA) is 170 Å². The van der Waals surface area contributed by atoms with Gasteiger partial charge >= 0.3 is 0 Å². The summed E-state index contributed by atoms with van der Waals surface area (Å²) in [6.07, 6.45) is -7.60. The average molecular weight is 432 g/mol. The predicted molar refractivity (Wildman–Crippen MR) is 106 cm³/mol.